The number of thioether (sulfide) groups is 1. The smallest absolute Gasteiger partial charge is 0.319 e. The Morgan fingerprint density at radius 2 is 2.13 bits per heavy atom. The molecule has 5 heteroatoms. The average Bonchev–Trinajstić information content (AvgIpc) is 2.11. The van der Waals surface area contributed by atoms with Crippen molar-refractivity contribution in [3.05, 3.63) is 0 Å². The van der Waals surface area contributed by atoms with Crippen molar-refractivity contribution in [2.24, 2.45) is 5.41 Å². The molecule has 0 aromatic heterocycles. The Morgan fingerprint density at radius 3 is 2.47 bits per heavy atom. The van der Waals surface area contributed by atoms with Crippen LogP contribution in [0.1, 0.15) is 26.2 Å². The zero-order chi connectivity index (χ0) is 11.5. The van der Waals surface area contributed by atoms with Crippen molar-refractivity contribution in [3.63, 3.8) is 0 Å². The number of carboxylic acid groups (broad SMARTS) is 1. The maximum absolute atomic E-state index is 11.7. The van der Waals surface area contributed by atoms with Crippen LogP contribution in [0.5, 0.6) is 0 Å². The van der Waals surface area contributed by atoms with Crippen LogP contribution in [0.15, 0.2) is 0 Å². The van der Waals surface area contributed by atoms with E-state index in [1.807, 2.05) is 13.2 Å². The van der Waals surface area contributed by atoms with Crippen LogP contribution in [0, 0.1) is 5.41 Å². The van der Waals surface area contributed by atoms with E-state index in [0.717, 1.165) is 6.42 Å². The molecule has 0 bridgehead atoms. The van der Waals surface area contributed by atoms with Gasteiger partial charge >= 0.3 is 5.97 Å². The molecule has 0 heterocycles. The second-order valence-electron chi connectivity index (χ2n) is 4.00. The van der Waals surface area contributed by atoms with Crippen molar-refractivity contribution in [2.75, 3.05) is 12.8 Å². The van der Waals surface area contributed by atoms with Crippen LogP contribution < -0.4 is 5.32 Å². The number of carbonyl (C=O) groups is 2. The van der Waals surface area contributed by atoms with E-state index in [2.05, 4.69) is 5.32 Å². The van der Waals surface area contributed by atoms with Crippen molar-refractivity contribution in [1.82, 2.24) is 5.32 Å². The Morgan fingerprint density at radius 1 is 1.53 bits per heavy atom. The Bertz CT molecular complexity index is 263. The van der Waals surface area contributed by atoms with Gasteiger partial charge in [-0.15, -0.1) is 0 Å². The minimum Gasteiger partial charge on any atom is -0.480 e. The summed E-state index contributed by atoms with van der Waals surface area (Å²) in [5, 5.41) is 12.0. The molecule has 1 amide bonds. The number of rotatable bonds is 5. The molecule has 1 saturated carbocycles. The van der Waals surface area contributed by atoms with Gasteiger partial charge in [0.25, 0.3) is 0 Å². The van der Waals surface area contributed by atoms with E-state index in [-0.39, 0.29) is 5.91 Å². The molecular weight excluding hydrogens is 214 g/mol. The highest BCUT2D eigenvalue weighted by atomic mass is 32.2. The van der Waals surface area contributed by atoms with Gasteiger partial charge in [-0.05, 0) is 19.1 Å². The molecule has 2 N–H and O–H groups in total. The molecule has 1 aliphatic rings. The molecular formula is C10H17NO3S. The minimum absolute atomic E-state index is 0.317. The molecule has 1 rings (SSSR count). The number of carboxylic acids is 1. The topological polar surface area (TPSA) is 66.4 Å². The molecule has 1 atom stereocenters. The van der Waals surface area contributed by atoms with Crippen LogP contribution in [0.3, 0.4) is 0 Å². The van der Waals surface area contributed by atoms with Gasteiger partial charge < -0.3 is 10.4 Å². The van der Waals surface area contributed by atoms with Crippen molar-refractivity contribution >= 4 is 23.6 Å². The van der Waals surface area contributed by atoms with Gasteiger partial charge in [0.15, 0.2) is 0 Å². The van der Waals surface area contributed by atoms with Crippen LogP contribution in [0.2, 0.25) is 0 Å². The van der Waals surface area contributed by atoms with Crippen LogP contribution in [0.25, 0.3) is 0 Å². The molecule has 0 aromatic carbocycles. The highest BCUT2D eigenvalue weighted by molar-refractivity contribution is 7.99. The highest BCUT2D eigenvalue weighted by Gasteiger charge is 2.51. The summed E-state index contributed by atoms with van der Waals surface area (Å²) in [6.07, 6.45) is 3.74. The van der Waals surface area contributed by atoms with Crippen molar-refractivity contribution in [1.29, 1.82) is 0 Å². The first-order valence-electron chi connectivity index (χ1n) is 5.07. The maximum Gasteiger partial charge on any atom is 0.319 e. The number of hydrogen-bond acceptors (Lipinski definition) is 3. The Balaban J connectivity index is 2.48. The normalized spacial score (nSPS) is 20.1. The van der Waals surface area contributed by atoms with E-state index in [0.29, 0.717) is 24.6 Å². The molecule has 1 aliphatic carbocycles. The van der Waals surface area contributed by atoms with E-state index >= 15 is 0 Å². The fraction of sp³-hybridized carbons (Fsp3) is 0.800. The standard InChI is InChI=1S/C10H17NO3S/c1-7(15-2)6-11-8(12)10(9(13)14)4-3-5-10/h7H,3-6H2,1-2H3,(H,11,12)(H,13,14). The predicted molar refractivity (Wildman–Crippen MR) is 59.9 cm³/mol. The Labute approximate surface area is 93.8 Å². The van der Waals surface area contributed by atoms with E-state index in [1.54, 1.807) is 11.8 Å². The van der Waals surface area contributed by atoms with Gasteiger partial charge in [0.1, 0.15) is 5.41 Å². The van der Waals surface area contributed by atoms with Gasteiger partial charge in [0, 0.05) is 11.8 Å². The zero-order valence-electron chi connectivity index (χ0n) is 9.08. The second-order valence-corrected chi connectivity index (χ2v) is 5.27. The lowest BCUT2D eigenvalue weighted by Crippen LogP contribution is -2.51. The van der Waals surface area contributed by atoms with Gasteiger partial charge in [-0.2, -0.15) is 11.8 Å². The van der Waals surface area contributed by atoms with Crippen molar-refractivity contribution in [3.8, 4) is 0 Å². The van der Waals surface area contributed by atoms with Crippen molar-refractivity contribution < 1.29 is 14.7 Å². The third-order valence-electron chi connectivity index (χ3n) is 3.00. The molecule has 0 aliphatic heterocycles. The van der Waals surface area contributed by atoms with Crippen LogP contribution in [-0.2, 0) is 9.59 Å². The molecule has 86 valence electrons. The summed E-state index contributed by atoms with van der Waals surface area (Å²) in [7, 11) is 0. The summed E-state index contributed by atoms with van der Waals surface area (Å²) in [6, 6.07) is 0. The van der Waals surface area contributed by atoms with E-state index in [9.17, 15) is 9.59 Å². The van der Waals surface area contributed by atoms with E-state index < -0.39 is 11.4 Å². The van der Waals surface area contributed by atoms with Gasteiger partial charge in [0.05, 0.1) is 0 Å². The monoisotopic (exact) mass is 231 g/mol. The lowest BCUT2D eigenvalue weighted by Gasteiger charge is -2.36. The molecule has 0 saturated heterocycles. The van der Waals surface area contributed by atoms with Crippen LogP contribution in [0.4, 0.5) is 0 Å². The third-order valence-corrected chi connectivity index (χ3v) is 3.97. The first-order valence-corrected chi connectivity index (χ1v) is 6.36. The lowest BCUT2D eigenvalue weighted by atomic mass is 9.68. The highest BCUT2D eigenvalue weighted by Crippen LogP contribution is 2.41. The first kappa shape index (κ1) is 12.4. The number of nitrogens with one attached hydrogen (secondary N) is 1. The van der Waals surface area contributed by atoms with Gasteiger partial charge in [-0.3, -0.25) is 9.59 Å². The second kappa shape index (κ2) is 4.88. The van der Waals surface area contributed by atoms with E-state index in [1.165, 1.54) is 0 Å². The summed E-state index contributed by atoms with van der Waals surface area (Å²) < 4.78 is 0. The first-order chi connectivity index (χ1) is 7.03. The van der Waals surface area contributed by atoms with Crippen LogP contribution >= 0.6 is 11.8 Å². The summed E-state index contributed by atoms with van der Waals surface area (Å²) in [4.78, 5) is 22.7. The van der Waals surface area contributed by atoms with E-state index in [4.69, 9.17) is 5.11 Å². The molecule has 1 unspecified atom stereocenters. The van der Waals surface area contributed by atoms with Crippen molar-refractivity contribution in [2.45, 2.75) is 31.4 Å². The average molecular weight is 231 g/mol. The summed E-state index contributed by atoms with van der Waals surface area (Å²) in [6.45, 7) is 2.54. The largest absolute Gasteiger partial charge is 0.480 e. The lowest BCUT2D eigenvalue weighted by molar-refractivity contribution is -0.162. The molecule has 0 aromatic rings. The Kier molecular flexibility index (Phi) is 4.02. The summed E-state index contributed by atoms with van der Waals surface area (Å²) >= 11 is 1.65. The minimum atomic E-state index is -1.13. The summed E-state index contributed by atoms with van der Waals surface area (Å²) in [5.41, 5.74) is -1.13. The number of aliphatic carboxylic acids is 1. The molecule has 0 radical (unpaired) electrons. The molecule has 1 fully saturated rings. The number of carbonyl (C=O) groups excluding carboxylic acids is 1. The zero-order valence-corrected chi connectivity index (χ0v) is 9.89. The fourth-order valence-electron chi connectivity index (χ4n) is 1.56. The fourth-order valence-corrected chi connectivity index (χ4v) is 1.81. The number of amides is 1. The van der Waals surface area contributed by atoms with Gasteiger partial charge in [-0.25, -0.2) is 0 Å². The molecule has 4 nitrogen and oxygen atoms in total. The maximum atomic E-state index is 11.7. The quantitative estimate of drug-likeness (QED) is 0.696. The third kappa shape index (κ3) is 2.45. The Hall–Kier alpha value is -0.710. The van der Waals surface area contributed by atoms with Gasteiger partial charge in [0.2, 0.25) is 5.91 Å². The SMILES string of the molecule is CSC(C)CNC(=O)C1(C(=O)O)CCC1. The summed E-state index contributed by atoms with van der Waals surface area (Å²) in [5.74, 6) is -1.30. The molecule has 15 heavy (non-hydrogen) atoms. The van der Waals surface area contributed by atoms with Gasteiger partial charge in [-0.1, -0.05) is 13.3 Å². The number of hydrogen-bond donors (Lipinski definition) is 2. The van der Waals surface area contributed by atoms with Crippen LogP contribution in [-0.4, -0.2) is 35.0 Å². The molecule has 0 spiro atoms. The predicted octanol–water partition coefficient (Wildman–Crippen LogP) is 1.11.